The van der Waals surface area contributed by atoms with Crippen LogP contribution in [-0.4, -0.2) is 90.9 Å². The summed E-state index contributed by atoms with van der Waals surface area (Å²) in [5.41, 5.74) is -1.68. The van der Waals surface area contributed by atoms with Gasteiger partial charge in [0, 0.05) is 62.3 Å². The predicted octanol–water partition coefficient (Wildman–Crippen LogP) is -0.991. The predicted molar refractivity (Wildman–Crippen MR) is 171 cm³/mol. The van der Waals surface area contributed by atoms with Crippen molar-refractivity contribution in [2.24, 2.45) is 0 Å². The van der Waals surface area contributed by atoms with Crippen LogP contribution in [0, 0.1) is 0 Å². The number of piperazine rings is 1. The number of rotatable bonds is 8. The summed E-state index contributed by atoms with van der Waals surface area (Å²) in [5, 5.41) is 14.3. The van der Waals surface area contributed by atoms with Gasteiger partial charge in [-0.15, -0.1) is 0 Å². The van der Waals surface area contributed by atoms with E-state index in [0.29, 0.717) is 51.1 Å². The van der Waals surface area contributed by atoms with Crippen molar-refractivity contribution in [3.8, 4) is 0 Å². The van der Waals surface area contributed by atoms with Crippen molar-refractivity contribution in [2.75, 3.05) is 51.1 Å². The number of alkyl halides is 7. The van der Waals surface area contributed by atoms with E-state index < -0.39 is 35.0 Å². The number of halogens is 7. The Kier molecular flexibility index (Phi) is 29.0. The normalized spacial score (nSPS) is 12.7. The Morgan fingerprint density at radius 1 is 0.804 bits per heavy atom. The molecule has 11 nitrogen and oxygen atoms in total. The van der Waals surface area contributed by atoms with Crippen LogP contribution in [0.3, 0.4) is 0 Å². The summed E-state index contributed by atoms with van der Waals surface area (Å²) in [6, 6.07) is 8.22. The molecule has 0 atom stereocenters. The molecule has 2 N–H and O–H groups in total. The number of nitrogens with zero attached hydrogens (tertiary/aromatic N) is 2. The summed E-state index contributed by atoms with van der Waals surface area (Å²) in [6.45, 7) is 9.08. The Morgan fingerprint density at radius 2 is 1.18 bits per heavy atom. The molecule has 278 valence electrons. The van der Waals surface area contributed by atoms with E-state index in [2.05, 4.69) is 36.4 Å². The van der Waals surface area contributed by atoms with Gasteiger partial charge in [-0.05, 0) is 69.3 Å². The van der Waals surface area contributed by atoms with E-state index in [1.54, 1.807) is 4.90 Å². The Balaban J connectivity index is -0.000000412. The minimum absolute atomic E-state index is 0. The third kappa shape index (κ3) is 23.0. The number of benzene rings is 2. The Hall–Kier alpha value is -0.627. The van der Waals surface area contributed by atoms with Crippen LogP contribution in [0.4, 0.5) is 31.1 Å². The van der Waals surface area contributed by atoms with E-state index in [9.17, 15) is 40.7 Å². The number of ether oxygens (including phenoxy) is 1. The zero-order chi connectivity index (χ0) is 36.5. The maximum atomic E-state index is 12.5. The Labute approximate surface area is 388 Å². The number of hydrogen-bond donors (Lipinski definition) is 2. The van der Waals surface area contributed by atoms with Gasteiger partial charge < -0.3 is 31.8 Å². The second-order valence-corrected chi connectivity index (χ2v) is 11.6. The van der Waals surface area contributed by atoms with Gasteiger partial charge in [0.15, 0.2) is 0 Å². The first-order chi connectivity index (χ1) is 22.3. The fourth-order valence-electron chi connectivity index (χ4n) is 3.79. The van der Waals surface area contributed by atoms with Crippen molar-refractivity contribution in [3.05, 3.63) is 70.8 Å². The van der Waals surface area contributed by atoms with Gasteiger partial charge in [0.25, 0.3) is 18.3 Å². The number of nitrogens with one attached hydrogen (secondary N) is 2. The summed E-state index contributed by atoms with van der Waals surface area (Å²) in [5.74, 6) is -0.797. The molecule has 2 aromatic carbocycles. The molecule has 0 aromatic heterocycles. The fourth-order valence-corrected chi connectivity index (χ4v) is 3.99. The Bertz CT molecular complexity index is 1320. The van der Waals surface area contributed by atoms with Crippen LogP contribution in [0.5, 0.6) is 0 Å². The van der Waals surface area contributed by atoms with Gasteiger partial charge in [0.05, 0.1) is 11.1 Å². The van der Waals surface area contributed by atoms with Crippen LogP contribution in [0.2, 0.25) is 0 Å². The quantitative estimate of drug-likeness (QED) is 0.0863. The molecule has 0 spiro atoms. The summed E-state index contributed by atoms with van der Waals surface area (Å²) in [4.78, 5) is 50.4. The number of carbonyl (C=O) groups excluding carboxylic acids is 4. The first kappa shape index (κ1) is 54.7. The molecular formula is C31H41BrF6K2N4O7. The van der Waals surface area contributed by atoms with Crippen LogP contribution in [0.25, 0.3) is 0 Å². The van der Waals surface area contributed by atoms with Gasteiger partial charge in [0.1, 0.15) is 5.60 Å². The van der Waals surface area contributed by atoms with Crippen molar-refractivity contribution >= 4 is 40.3 Å². The zero-order valence-electron chi connectivity index (χ0n) is 29.3. The summed E-state index contributed by atoms with van der Waals surface area (Å²) >= 11 is 3.12. The first-order valence-electron chi connectivity index (χ1n) is 14.2. The molecule has 3 rings (SSSR count). The fraction of sp³-hybridized carbons (Fsp3) is 0.484. The number of amides is 3. The van der Waals surface area contributed by atoms with Crippen molar-refractivity contribution in [2.45, 2.75) is 46.2 Å². The van der Waals surface area contributed by atoms with Crippen LogP contribution < -0.4 is 119 Å². The molecule has 0 unspecified atom stereocenters. The topological polar surface area (TPSA) is 140 Å². The van der Waals surface area contributed by atoms with Crippen LogP contribution in [0.1, 0.15) is 61.5 Å². The smallest absolute Gasteiger partial charge is 1.00 e. The third-order valence-electron chi connectivity index (χ3n) is 6.11. The molecule has 2 aromatic rings. The monoisotopic (exact) mass is 852 g/mol. The molecule has 3 amide bonds. The van der Waals surface area contributed by atoms with Gasteiger partial charge in [0.2, 0.25) is 0 Å². The van der Waals surface area contributed by atoms with Gasteiger partial charge >= 0.3 is 121 Å². The van der Waals surface area contributed by atoms with Crippen LogP contribution in [0.15, 0.2) is 48.5 Å². The number of carbonyl (C=O) groups is 4. The second-order valence-electron chi connectivity index (χ2n) is 10.9. The van der Waals surface area contributed by atoms with Gasteiger partial charge in [-0.1, -0.05) is 23.4 Å². The summed E-state index contributed by atoms with van der Waals surface area (Å²) in [6.07, 6.45) is -9.12. The molecule has 1 saturated heterocycles. The summed E-state index contributed by atoms with van der Waals surface area (Å²) < 4.78 is 79.6. The summed E-state index contributed by atoms with van der Waals surface area (Å²) in [7, 11) is 0. The van der Waals surface area contributed by atoms with E-state index >= 15 is 0 Å². The van der Waals surface area contributed by atoms with Gasteiger partial charge in [-0.2, -0.15) is 26.3 Å². The van der Waals surface area contributed by atoms with E-state index in [1.807, 2.05) is 20.8 Å². The first-order valence-corrected chi connectivity index (χ1v) is 15.3. The minimum atomic E-state index is -4.42. The zero-order valence-corrected chi connectivity index (χ0v) is 36.1. The molecule has 1 aliphatic heterocycles. The van der Waals surface area contributed by atoms with Crippen molar-refractivity contribution in [1.29, 1.82) is 0 Å². The molecule has 0 aliphatic carbocycles. The molecule has 1 fully saturated rings. The van der Waals surface area contributed by atoms with E-state index in [-0.39, 0.29) is 141 Å². The molecule has 1 heterocycles. The maximum absolute atomic E-state index is 12.5. The maximum Gasteiger partial charge on any atom is 1.00 e. The molecular weight excluding hydrogens is 812 g/mol. The van der Waals surface area contributed by atoms with Crippen molar-refractivity contribution in [3.63, 3.8) is 0 Å². The van der Waals surface area contributed by atoms with Crippen LogP contribution in [-0.2, 0) is 26.8 Å². The van der Waals surface area contributed by atoms with Crippen molar-refractivity contribution < 1.29 is 165 Å². The molecule has 1 aliphatic rings. The van der Waals surface area contributed by atoms with Crippen molar-refractivity contribution in [1.82, 2.24) is 20.4 Å². The molecule has 0 radical (unpaired) electrons. The van der Waals surface area contributed by atoms with E-state index in [4.69, 9.17) is 14.8 Å². The largest absolute Gasteiger partial charge is 1.00 e. The molecule has 51 heavy (non-hydrogen) atoms. The molecule has 20 heteroatoms. The molecule has 0 saturated carbocycles. The van der Waals surface area contributed by atoms with E-state index in [0.717, 1.165) is 48.5 Å². The average Bonchev–Trinajstić information content (AvgIpc) is 3.02. The average molecular weight is 854 g/mol. The molecule has 0 bridgehead atoms. The Morgan fingerprint density at radius 3 is 1.49 bits per heavy atom. The number of hydrogen-bond acceptors (Lipinski definition) is 8. The van der Waals surface area contributed by atoms with Crippen LogP contribution >= 0.6 is 15.9 Å². The van der Waals surface area contributed by atoms with E-state index in [1.165, 1.54) is 0 Å². The standard InChI is InChI=1S/C19H26F3N3O3.C10H9BrF3NO.CH2O3.CH4.2K.H/c1-18(2,3)28-17(27)25-12-10-24(11-13-25)9-8-23-16(26)14-4-6-15(7-5-14)19(20,21)22;11-5-6-15-9(16)7-1-3-8(4-2-7)10(12,13)14;2-1-4-3;;;;/h4-7H,8-13H2,1-3H3,(H,23,26);1-4H,5-6H2,(H,15,16);1,3H;1H4;;;/q;;;;2*+1;-1/p-1. The van der Waals surface area contributed by atoms with Gasteiger partial charge in [-0.3, -0.25) is 19.3 Å². The third-order valence-corrected chi connectivity index (χ3v) is 6.50. The SMILES string of the molecule is C.CC(C)(C)OC(=O)N1CCN(CCNC(=O)c2ccc(C(F)(F)F)cc2)CC1.O=C(NCCBr)c1ccc(C(F)(F)F)cc1.O=CO[O-].[H-].[K+].[K+]. The second kappa shape index (κ2) is 27.0. The van der Waals surface area contributed by atoms with Gasteiger partial charge in [-0.25, -0.2) is 4.79 Å². The minimum Gasteiger partial charge on any atom is -1.00 e.